The van der Waals surface area contributed by atoms with Crippen molar-refractivity contribution in [3.8, 4) is 0 Å². The fraction of sp³-hybridized carbons (Fsp3) is 0.533. The molecule has 19 heavy (non-hydrogen) atoms. The lowest BCUT2D eigenvalue weighted by atomic mass is 9.95. The van der Waals surface area contributed by atoms with E-state index in [1.807, 2.05) is 30.3 Å². The average molecular weight is 283 g/mol. The largest absolute Gasteiger partial charge is 0.352 e. The molecule has 2 atom stereocenters. The van der Waals surface area contributed by atoms with Crippen LogP contribution in [0.4, 0.5) is 0 Å². The zero-order valence-electron chi connectivity index (χ0n) is 11.4. The highest BCUT2D eigenvalue weighted by molar-refractivity contribution is 5.85. The molecular formula is C15H23ClN2O. The van der Waals surface area contributed by atoms with E-state index in [0.29, 0.717) is 6.04 Å². The van der Waals surface area contributed by atoms with Crippen LogP contribution in [0.15, 0.2) is 30.3 Å². The van der Waals surface area contributed by atoms with Crippen molar-refractivity contribution in [2.24, 2.45) is 0 Å². The van der Waals surface area contributed by atoms with E-state index >= 15 is 0 Å². The summed E-state index contributed by atoms with van der Waals surface area (Å²) in [5.74, 6) is 0.144. The molecule has 1 unspecified atom stereocenters. The first-order chi connectivity index (χ1) is 8.81. The van der Waals surface area contributed by atoms with Gasteiger partial charge in [-0.3, -0.25) is 4.79 Å². The van der Waals surface area contributed by atoms with Crippen LogP contribution in [-0.2, 0) is 4.79 Å². The minimum Gasteiger partial charge on any atom is -0.352 e. The molecule has 0 aromatic heterocycles. The van der Waals surface area contributed by atoms with E-state index in [4.69, 9.17) is 0 Å². The Morgan fingerprint density at radius 3 is 2.74 bits per heavy atom. The van der Waals surface area contributed by atoms with Gasteiger partial charge in [0.05, 0.1) is 5.92 Å². The van der Waals surface area contributed by atoms with Crippen LogP contribution in [0.25, 0.3) is 0 Å². The van der Waals surface area contributed by atoms with E-state index in [-0.39, 0.29) is 24.2 Å². The van der Waals surface area contributed by atoms with Crippen LogP contribution in [0.5, 0.6) is 0 Å². The number of halogens is 1. The summed E-state index contributed by atoms with van der Waals surface area (Å²) < 4.78 is 0. The van der Waals surface area contributed by atoms with Crippen molar-refractivity contribution >= 4 is 18.3 Å². The Morgan fingerprint density at radius 1 is 1.42 bits per heavy atom. The Labute approximate surface area is 121 Å². The van der Waals surface area contributed by atoms with E-state index in [0.717, 1.165) is 37.9 Å². The maximum atomic E-state index is 12.3. The van der Waals surface area contributed by atoms with Crippen molar-refractivity contribution in [1.82, 2.24) is 10.6 Å². The van der Waals surface area contributed by atoms with Gasteiger partial charge >= 0.3 is 0 Å². The molecule has 1 fully saturated rings. The van der Waals surface area contributed by atoms with Crippen molar-refractivity contribution in [2.45, 2.75) is 38.1 Å². The topological polar surface area (TPSA) is 41.1 Å². The zero-order valence-corrected chi connectivity index (χ0v) is 12.2. The molecule has 1 amide bonds. The second-order valence-corrected chi connectivity index (χ2v) is 4.92. The van der Waals surface area contributed by atoms with Gasteiger partial charge in [0.15, 0.2) is 0 Å². The number of nitrogens with one attached hydrogen (secondary N) is 2. The van der Waals surface area contributed by atoms with Crippen molar-refractivity contribution in [3.05, 3.63) is 35.9 Å². The first-order valence-electron chi connectivity index (χ1n) is 6.87. The lowest BCUT2D eigenvalue weighted by Gasteiger charge is -2.26. The van der Waals surface area contributed by atoms with Gasteiger partial charge in [-0.15, -0.1) is 12.4 Å². The normalized spacial score (nSPS) is 20.2. The third kappa shape index (κ3) is 4.51. The summed E-state index contributed by atoms with van der Waals surface area (Å²) in [5, 5.41) is 6.49. The highest BCUT2D eigenvalue weighted by Gasteiger charge is 2.22. The second-order valence-electron chi connectivity index (χ2n) is 4.92. The number of hydrogen-bond donors (Lipinski definition) is 2. The Bertz CT molecular complexity index is 377. The Balaban J connectivity index is 0.00000180. The molecule has 1 aliphatic rings. The quantitative estimate of drug-likeness (QED) is 0.891. The number of carbonyl (C=O) groups is 1. The van der Waals surface area contributed by atoms with Gasteiger partial charge in [0.25, 0.3) is 0 Å². The van der Waals surface area contributed by atoms with Crippen LogP contribution in [0.3, 0.4) is 0 Å². The second kappa shape index (κ2) is 8.18. The van der Waals surface area contributed by atoms with Gasteiger partial charge in [-0.2, -0.15) is 0 Å². The number of piperidine rings is 1. The standard InChI is InChI=1S/C15H22N2O.ClH/c1-2-14(12-7-4-3-5-8-12)15(18)17-13-9-6-10-16-11-13;/h3-5,7-8,13-14,16H,2,6,9-11H2,1H3,(H,17,18);1H/t13-,14?;/m0./s1. The van der Waals surface area contributed by atoms with Gasteiger partial charge in [-0.25, -0.2) is 0 Å². The smallest absolute Gasteiger partial charge is 0.227 e. The zero-order chi connectivity index (χ0) is 12.8. The first kappa shape index (κ1) is 16.0. The van der Waals surface area contributed by atoms with Crippen LogP contribution < -0.4 is 10.6 Å². The summed E-state index contributed by atoms with van der Waals surface area (Å²) in [7, 11) is 0. The lowest BCUT2D eigenvalue weighted by molar-refractivity contribution is -0.123. The molecule has 3 nitrogen and oxygen atoms in total. The summed E-state index contributed by atoms with van der Waals surface area (Å²) in [6.45, 7) is 4.04. The fourth-order valence-electron chi connectivity index (χ4n) is 2.53. The Morgan fingerprint density at radius 2 is 2.16 bits per heavy atom. The number of hydrogen-bond acceptors (Lipinski definition) is 2. The lowest BCUT2D eigenvalue weighted by Crippen LogP contribution is -2.47. The Kier molecular flexibility index (Phi) is 6.89. The molecule has 0 saturated carbocycles. The number of amides is 1. The molecule has 0 spiro atoms. The Hall–Kier alpha value is -1.06. The van der Waals surface area contributed by atoms with Crippen LogP contribution in [-0.4, -0.2) is 25.0 Å². The van der Waals surface area contributed by atoms with Crippen molar-refractivity contribution in [3.63, 3.8) is 0 Å². The molecule has 0 bridgehead atoms. The summed E-state index contributed by atoms with van der Waals surface area (Å²) in [6, 6.07) is 10.3. The van der Waals surface area contributed by atoms with Crippen LogP contribution in [0, 0.1) is 0 Å². The van der Waals surface area contributed by atoms with Gasteiger partial charge < -0.3 is 10.6 Å². The van der Waals surface area contributed by atoms with Crippen LogP contribution in [0.2, 0.25) is 0 Å². The van der Waals surface area contributed by atoms with Crippen molar-refractivity contribution in [2.75, 3.05) is 13.1 Å². The van der Waals surface area contributed by atoms with Gasteiger partial charge in [-0.05, 0) is 31.4 Å². The number of rotatable bonds is 4. The van der Waals surface area contributed by atoms with Crippen LogP contribution >= 0.6 is 12.4 Å². The van der Waals surface area contributed by atoms with E-state index < -0.39 is 0 Å². The van der Waals surface area contributed by atoms with Crippen molar-refractivity contribution < 1.29 is 4.79 Å². The molecule has 1 heterocycles. The average Bonchev–Trinajstić information content (AvgIpc) is 2.42. The molecule has 4 heteroatoms. The third-order valence-electron chi connectivity index (χ3n) is 3.57. The van der Waals surface area contributed by atoms with Gasteiger partial charge in [0, 0.05) is 12.6 Å². The predicted molar refractivity (Wildman–Crippen MR) is 80.8 cm³/mol. The summed E-state index contributed by atoms with van der Waals surface area (Å²) in [4.78, 5) is 12.3. The number of benzene rings is 1. The molecule has 1 saturated heterocycles. The molecule has 1 aromatic rings. The first-order valence-corrected chi connectivity index (χ1v) is 6.87. The van der Waals surface area contributed by atoms with E-state index in [2.05, 4.69) is 17.6 Å². The summed E-state index contributed by atoms with van der Waals surface area (Å²) >= 11 is 0. The predicted octanol–water partition coefficient (Wildman–Crippen LogP) is 2.47. The van der Waals surface area contributed by atoms with Crippen LogP contribution in [0.1, 0.15) is 37.7 Å². The summed E-state index contributed by atoms with van der Waals surface area (Å²) in [6.07, 6.45) is 3.08. The monoisotopic (exact) mass is 282 g/mol. The van der Waals surface area contributed by atoms with Gasteiger partial charge in [-0.1, -0.05) is 37.3 Å². The SMILES string of the molecule is CCC(C(=O)N[C@H]1CCCNC1)c1ccccc1.Cl. The highest BCUT2D eigenvalue weighted by Crippen LogP contribution is 2.19. The van der Waals surface area contributed by atoms with Gasteiger partial charge in [0.2, 0.25) is 5.91 Å². The molecule has 106 valence electrons. The molecule has 2 N–H and O–H groups in total. The van der Waals surface area contributed by atoms with E-state index in [1.54, 1.807) is 0 Å². The van der Waals surface area contributed by atoms with Crippen molar-refractivity contribution in [1.29, 1.82) is 0 Å². The molecule has 2 rings (SSSR count). The minimum absolute atomic E-state index is 0. The summed E-state index contributed by atoms with van der Waals surface area (Å²) in [5.41, 5.74) is 1.11. The third-order valence-corrected chi connectivity index (χ3v) is 3.57. The fourth-order valence-corrected chi connectivity index (χ4v) is 2.53. The van der Waals surface area contributed by atoms with E-state index in [1.165, 1.54) is 0 Å². The molecule has 1 aromatic carbocycles. The molecule has 0 radical (unpaired) electrons. The van der Waals surface area contributed by atoms with Gasteiger partial charge in [0.1, 0.15) is 0 Å². The maximum Gasteiger partial charge on any atom is 0.227 e. The maximum absolute atomic E-state index is 12.3. The molecule has 0 aliphatic carbocycles. The minimum atomic E-state index is -0.0203. The highest BCUT2D eigenvalue weighted by atomic mass is 35.5. The molecular weight excluding hydrogens is 260 g/mol. The van der Waals surface area contributed by atoms with E-state index in [9.17, 15) is 4.79 Å². The molecule has 1 aliphatic heterocycles. The number of carbonyl (C=O) groups excluding carboxylic acids is 1.